The van der Waals surface area contributed by atoms with Crippen LogP contribution in [0, 0.1) is 0 Å². The van der Waals surface area contributed by atoms with Gasteiger partial charge >= 0.3 is 6.61 Å². The molecule has 1 fully saturated rings. The second kappa shape index (κ2) is 13.4. The highest BCUT2D eigenvalue weighted by Crippen LogP contribution is 2.39. The number of morpholine rings is 1. The largest absolute Gasteiger partial charge is 0.433 e. The molecule has 0 bridgehead atoms. The van der Waals surface area contributed by atoms with Crippen molar-refractivity contribution in [3.8, 4) is 22.8 Å². The summed E-state index contributed by atoms with van der Waals surface area (Å²) in [6.07, 6.45) is 4.57. The third-order valence-corrected chi connectivity index (χ3v) is 6.55. The maximum absolute atomic E-state index is 13.5. The van der Waals surface area contributed by atoms with Gasteiger partial charge in [-0.05, 0) is 26.2 Å². The molecule has 224 valence electrons. The fourth-order valence-electron chi connectivity index (χ4n) is 4.69. The molecule has 1 aliphatic rings. The molecule has 4 aromatic rings. The van der Waals surface area contributed by atoms with E-state index in [0.717, 1.165) is 22.9 Å². The average molecular weight is 591 g/mol. The van der Waals surface area contributed by atoms with Gasteiger partial charge in [0.25, 0.3) is 0 Å². The van der Waals surface area contributed by atoms with Crippen molar-refractivity contribution in [3.05, 3.63) is 79.1 Å². The molecule has 5 rings (SSSR count). The number of carbonyl (C=O) groups excluding carboxylic acids is 1. The Labute approximate surface area is 247 Å². The molecular weight excluding hydrogens is 558 g/mol. The smallest absolute Gasteiger partial charge is 0.387 e. The molecule has 2 aromatic carbocycles. The van der Waals surface area contributed by atoms with Crippen LogP contribution in [0.2, 0.25) is 0 Å². The molecule has 3 heterocycles. The number of nitrogens with one attached hydrogen (secondary N) is 2. The number of benzene rings is 2. The second-order valence-electron chi connectivity index (χ2n) is 9.95. The number of nitrogens with zero attached hydrogens (tertiary/aromatic N) is 6. The van der Waals surface area contributed by atoms with E-state index in [0.29, 0.717) is 50.0 Å². The summed E-state index contributed by atoms with van der Waals surface area (Å²) in [5.41, 5.74) is 3.80. The van der Waals surface area contributed by atoms with Gasteiger partial charge in [-0.2, -0.15) is 18.9 Å². The number of carbonyl (C=O) groups is 1. The molecule has 0 saturated carbocycles. The van der Waals surface area contributed by atoms with Crippen molar-refractivity contribution in [2.24, 2.45) is 0 Å². The van der Waals surface area contributed by atoms with Crippen LogP contribution in [-0.2, 0) is 16.1 Å². The van der Waals surface area contributed by atoms with Crippen molar-refractivity contribution in [2.75, 3.05) is 55.9 Å². The van der Waals surface area contributed by atoms with Crippen LogP contribution in [0.1, 0.15) is 5.56 Å². The number of hydrogen-bond acceptors (Lipinski definition) is 9. The minimum Gasteiger partial charge on any atom is -0.433 e. The quantitative estimate of drug-likeness (QED) is 0.240. The van der Waals surface area contributed by atoms with Crippen LogP contribution in [0.4, 0.5) is 31.8 Å². The van der Waals surface area contributed by atoms with Gasteiger partial charge < -0.3 is 29.9 Å². The van der Waals surface area contributed by atoms with Crippen LogP contribution < -0.4 is 20.3 Å². The van der Waals surface area contributed by atoms with Crippen molar-refractivity contribution in [1.82, 2.24) is 24.6 Å². The standard InChI is InChI=1S/C30H32F2N8O3/c1-4-27(41)34-22-16-23(25(43-29(31)32)17-24(22)39-12-14-42-15-13-39)35-30-33-11-10-26(36-30)40-19-21(18-38(2)3)28(37-40)20-8-6-5-7-9-20/h4-11,16-17,19,29H,1,12-15,18H2,2-3H3,(H,34,41)(H,33,35,36). The number of hydrogen-bond donors (Lipinski definition) is 2. The first-order valence-corrected chi connectivity index (χ1v) is 13.6. The van der Waals surface area contributed by atoms with Crippen LogP contribution in [0.25, 0.3) is 17.1 Å². The predicted octanol–water partition coefficient (Wildman–Crippen LogP) is 4.70. The fraction of sp³-hybridized carbons (Fsp3) is 0.267. The Morgan fingerprint density at radius 3 is 2.63 bits per heavy atom. The van der Waals surface area contributed by atoms with E-state index in [1.165, 1.54) is 18.3 Å². The number of aromatic nitrogens is 4. The summed E-state index contributed by atoms with van der Waals surface area (Å²) in [5, 5.41) is 10.5. The van der Waals surface area contributed by atoms with E-state index < -0.39 is 12.5 Å². The molecule has 1 saturated heterocycles. The summed E-state index contributed by atoms with van der Waals surface area (Å²) in [5.74, 6) is -0.0210. The van der Waals surface area contributed by atoms with E-state index in [9.17, 15) is 13.6 Å². The number of amides is 1. The minimum atomic E-state index is -3.09. The summed E-state index contributed by atoms with van der Waals surface area (Å²) in [4.78, 5) is 25.1. The summed E-state index contributed by atoms with van der Waals surface area (Å²) < 4.78 is 39.0. The number of halogens is 2. The zero-order chi connectivity index (χ0) is 30.3. The fourth-order valence-corrected chi connectivity index (χ4v) is 4.69. The first kappa shape index (κ1) is 29.6. The molecule has 2 aromatic heterocycles. The number of ether oxygens (including phenoxy) is 2. The molecule has 43 heavy (non-hydrogen) atoms. The maximum atomic E-state index is 13.5. The third kappa shape index (κ3) is 7.31. The van der Waals surface area contributed by atoms with Gasteiger partial charge in [0.05, 0.1) is 36.0 Å². The van der Waals surface area contributed by atoms with Crippen LogP contribution in [0.15, 0.2) is 73.6 Å². The van der Waals surface area contributed by atoms with Gasteiger partial charge in [-0.1, -0.05) is 36.9 Å². The Balaban J connectivity index is 1.52. The predicted molar refractivity (Wildman–Crippen MR) is 160 cm³/mol. The first-order chi connectivity index (χ1) is 20.8. The van der Waals surface area contributed by atoms with Crippen LogP contribution >= 0.6 is 0 Å². The molecule has 1 amide bonds. The summed E-state index contributed by atoms with van der Waals surface area (Å²) in [6.45, 7) is 3.00. The van der Waals surface area contributed by atoms with Gasteiger partial charge in [0.2, 0.25) is 11.9 Å². The molecule has 2 N–H and O–H groups in total. The molecule has 0 unspecified atom stereocenters. The number of alkyl halides is 2. The highest BCUT2D eigenvalue weighted by Gasteiger charge is 2.22. The lowest BCUT2D eigenvalue weighted by Crippen LogP contribution is -2.36. The average Bonchev–Trinajstić information content (AvgIpc) is 3.42. The molecule has 11 nitrogen and oxygen atoms in total. The van der Waals surface area contributed by atoms with Crippen LogP contribution in [0.3, 0.4) is 0 Å². The lowest BCUT2D eigenvalue weighted by Gasteiger charge is -2.31. The molecule has 1 aliphatic heterocycles. The third-order valence-electron chi connectivity index (χ3n) is 6.55. The summed E-state index contributed by atoms with van der Waals surface area (Å²) in [6, 6.07) is 14.5. The molecule has 13 heteroatoms. The van der Waals surface area contributed by atoms with Gasteiger partial charge in [-0.15, -0.1) is 0 Å². The number of anilines is 4. The summed E-state index contributed by atoms with van der Waals surface area (Å²) in [7, 11) is 3.96. The molecule has 0 radical (unpaired) electrons. The van der Waals surface area contributed by atoms with Crippen LogP contribution in [0.5, 0.6) is 5.75 Å². The van der Waals surface area contributed by atoms with Gasteiger partial charge in [0.15, 0.2) is 11.6 Å². The van der Waals surface area contributed by atoms with E-state index in [4.69, 9.17) is 14.6 Å². The second-order valence-corrected chi connectivity index (χ2v) is 9.95. The zero-order valence-electron chi connectivity index (χ0n) is 23.8. The molecule has 0 spiro atoms. The van der Waals surface area contributed by atoms with Crippen molar-refractivity contribution >= 4 is 28.9 Å². The topological polar surface area (TPSA) is 110 Å². The summed E-state index contributed by atoms with van der Waals surface area (Å²) >= 11 is 0. The Morgan fingerprint density at radius 1 is 1.16 bits per heavy atom. The van der Waals surface area contributed by atoms with E-state index >= 15 is 0 Å². The van der Waals surface area contributed by atoms with Crippen molar-refractivity contribution in [3.63, 3.8) is 0 Å². The normalized spacial score (nSPS) is 13.3. The molecule has 0 atom stereocenters. The zero-order valence-corrected chi connectivity index (χ0v) is 23.8. The number of rotatable bonds is 11. The first-order valence-electron chi connectivity index (χ1n) is 13.6. The lowest BCUT2D eigenvalue weighted by atomic mass is 10.1. The van der Waals surface area contributed by atoms with Crippen molar-refractivity contribution in [1.29, 1.82) is 0 Å². The van der Waals surface area contributed by atoms with Gasteiger partial charge in [-0.25, -0.2) is 9.67 Å². The maximum Gasteiger partial charge on any atom is 0.387 e. The van der Waals surface area contributed by atoms with Crippen LogP contribution in [-0.4, -0.2) is 77.6 Å². The highest BCUT2D eigenvalue weighted by atomic mass is 19.3. The van der Waals surface area contributed by atoms with Crippen molar-refractivity contribution in [2.45, 2.75) is 13.2 Å². The monoisotopic (exact) mass is 590 g/mol. The van der Waals surface area contributed by atoms with E-state index in [2.05, 4.69) is 32.1 Å². The van der Waals surface area contributed by atoms with E-state index in [-0.39, 0.29) is 17.4 Å². The Bertz CT molecular complexity index is 1570. The highest BCUT2D eigenvalue weighted by molar-refractivity contribution is 6.02. The minimum absolute atomic E-state index is 0.114. The molecule has 0 aliphatic carbocycles. The van der Waals surface area contributed by atoms with Gasteiger partial charge in [-0.3, -0.25) is 4.79 Å². The lowest BCUT2D eigenvalue weighted by molar-refractivity contribution is -0.111. The van der Waals surface area contributed by atoms with E-state index in [1.807, 2.05) is 55.5 Å². The Hall–Kier alpha value is -4.88. The van der Waals surface area contributed by atoms with Crippen molar-refractivity contribution < 1.29 is 23.0 Å². The Kier molecular flexibility index (Phi) is 9.23. The SMILES string of the molecule is C=CC(=O)Nc1cc(Nc2nccc(-n3cc(CN(C)C)c(-c4ccccc4)n3)n2)c(OC(F)F)cc1N1CCOCC1. The molecular formula is C30H32F2N8O3. The van der Waals surface area contributed by atoms with E-state index in [1.54, 1.807) is 10.7 Å². The van der Waals surface area contributed by atoms with Gasteiger partial charge in [0, 0.05) is 55.3 Å². The van der Waals surface area contributed by atoms with Gasteiger partial charge in [0.1, 0.15) is 0 Å². The Morgan fingerprint density at radius 2 is 1.93 bits per heavy atom.